The van der Waals surface area contributed by atoms with Gasteiger partial charge in [0.15, 0.2) is 0 Å². The highest BCUT2D eigenvalue weighted by Gasteiger charge is 2.25. The van der Waals surface area contributed by atoms with Crippen LogP contribution in [0, 0.1) is 0 Å². The van der Waals surface area contributed by atoms with E-state index in [1.54, 1.807) is 0 Å². The van der Waals surface area contributed by atoms with Crippen LogP contribution in [0.1, 0.15) is 0 Å². The Labute approximate surface area is 799 Å². The Hall–Kier alpha value is -18.5. The van der Waals surface area contributed by atoms with Crippen molar-refractivity contribution in [2.45, 2.75) is 0 Å². The number of rotatable bonds is 10. The Bertz CT molecular complexity index is 9930. The molecule has 0 saturated carbocycles. The third-order valence-corrected chi connectivity index (χ3v) is 28.1. The van der Waals surface area contributed by atoms with Crippen LogP contribution < -0.4 is 0 Å². The second-order valence-corrected chi connectivity index (χ2v) is 36.1. The molecule has 0 saturated heterocycles. The van der Waals surface area contributed by atoms with Gasteiger partial charge in [-0.3, -0.25) is 0 Å². The van der Waals surface area contributed by atoms with Crippen molar-refractivity contribution in [3.05, 3.63) is 491 Å². The van der Waals surface area contributed by atoms with Crippen LogP contribution >= 0.6 is 0 Å². The second kappa shape index (κ2) is 33.3. The summed E-state index contributed by atoms with van der Waals surface area (Å²) in [5.74, 6) is 0. The van der Waals surface area contributed by atoms with E-state index in [0.717, 1.165) is 176 Å². The van der Waals surface area contributed by atoms with E-state index in [1.807, 2.05) is 36.4 Å². The van der Waals surface area contributed by atoms with Crippen molar-refractivity contribution in [1.29, 1.82) is 0 Å². The summed E-state index contributed by atoms with van der Waals surface area (Å²) >= 11 is 0. The molecule has 0 amide bonds. The van der Waals surface area contributed by atoms with Crippen molar-refractivity contribution in [2.75, 3.05) is 0 Å². The third kappa shape index (κ3) is 13.9. The molecule has 0 spiro atoms. The van der Waals surface area contributed by atoms with Gasteiger partial charge >= 0.3 is 0 Å². The second-order valence-electron chi connectivity index (χ2n) is 36.1. The fraction of sp³-hybridized carbons (Fsp3) is 0. The van der Waals surface area contributed by atoms with Crippen LogP contribution in [0.2, 0.25) is 0 Å². The van der Waals surface area contributed by atoms with E-state index in [-0.39, 0.29) is 0 Å². The highest BCUT2D eigenvalue weighted by molar-refractivity contribution is 6.32. The van der Waals surface area contributed by atoms with Crippen LogP contribution in [-0.2, 0) is 0 Å². The molecule has 6 heterocycles. The fourth-order valence-electron chi connectivity index (χ4n) is 21.6. The lowest BCUT2D eigenvalue weighted by Crippen LogP contribution is -1.92. The van der Waals surface area contributed by atoms with Crippen molar-refractivity contribution in [3.63, 3.8) is 0 Å². The molecule has 0 aliphatic carbocycles. The van der Waals surface area contributed by atoms with Gasteiger partial charge in [-0.15, -0.1) is 0 Å². The summed E-state index contributed by atoms with van der Waals surface area (Å²) in [5.41, 5.74) is 31.2. The summed E-state index contributed by atoms with van der Waals surface area (Å²) in [7, 11) is 0. The van der Waals surface area contributed by atoms with Crippen molar-refractivity contribution in [3.8, 4) is 112 Å². The van der Waals surface area contributed by atoms with E-state index >= 15 is 0 Å². The van der Waals surface area contributed by atoms with E-state index in [9.17, 15) is 0 Å². The predicted molar refractivity (Wildman–Crippen MR) is 584 cm³/mol. The Morgan fingerprint density at radius 1 is 0.122 bits per heavy atom. The molecule has 29 aromatic rings. The summed E-state index contributed by atoms with van der Waals surface area (Å²) in [4.78, 5) is 16.0. The number of fused-ring (bicyclic) bond motifs is 27. The molecular formula is C133H81N3O3. The minimum absolute atomic E-state index is 0.890. The van der Waals surface area contributed by atoms with Crippen molar-refractivity contribution in [2.24, 2.45) is 0 Å². The summed E-state index contributed by atoms with van der Waals surface area (Å²) in [5, 5.41) is 27.2. The van der Waals surface area contributed by atoms with E-state index < -0.39 is 0 Å². The normalized spacial score (nSPS) is 11.7. The first-order chi connectivity index (χ1) is 68.9. The lowest BCUT2D eigenvalue weighted by Gasteiger charge is -2.14. The molecule has 139 heavy (non-hydrogen) atoms. The molecule has 0 unspecified atom stereocenters. The summed E-state index contributed by atoms with van der Waals surface area (Å²) in [6.45, 7) is 0. The van der Waals surface area contributed by atoms with Gasteiger partial charge in [-0.05, 0) is 224 Å². The zero-order valence-electron chi connectivity index (χ0n) is 75.3. The maximum atomic E-state index is 6.34. The van der Waals surface area contributed by atoms with E-state index in [0.29, 0.717) is 0 Å². The van der Waals surface area contributed by atoms with Crippen LogP contribution in [0.3, 0.4) is 0 Å². The molecule has 0 atom stereocenters. The van der Waals surface area contributed by atoms with Gasteiger partial charge in [-0.25, -0.2) is 15.0 Å². The maximum Gasteiger partial charge on any atom is 0.136 e. The van der Waals surface area contributed by atoms with Gasteiger partial charge in [0.05, 0.1) is 33.6 Å². The molecule has 0 aliphatic rings. The number of nitrogens with zero attached hydrogens (tertiary/aromatic N) is 3. The fourth-order valence-corrected chi connectivity index (χ4v) is 21.6. The Morgan fingerprint density at radius 2 is 0.367 bits per heavy atom. The number of hydrogen-bond acceptors (Lipinski definition) is 6. The Morgan fingerprint density at radius 3 is 0.719 bits per heavy atom. The largest absolute Gasteiger partial charge is 0.456 e. The van der Waals surface area contributed by atoms with E-state index in [1.165, 1.54) is 109 Å². The first-order valence-electron chi connectivity index (χ1n) is 47.4. The van der Waals surface area contributed by atoms with Crippen LogP contribution in [-0.4, -0.2) is 15.0 Å². The molecule has 0 bridgehead atoms. The van der Waals surface area contributed by atoms with Gasteiger partial charge in [-0.2, -0.15) is 0 Å². The number of para-hydroxylation sites is 3. The molecule has 6 heteroatoms. The lowest BCUT2D eigenvalue weighted by molar-refractivity contribution is 0.669. The number of aromatic nitrogens is 3. The van der Waals surface area contributed by atoms with Gasteiger partial charge in [0.25, 0.3) is 0 Å². The summed E-state index contributed by atoms with van der Waals surface area (Å²) in [6.07, 6.45) is 0. The Kier molecular flexibility index (Phi) is 19.2. The highest BCUT2D eigenvalue weighted by Crippen LogP contribution is 2.49. The Balaban J connectivity index is 0.000000106. The maximum absolute atomic E-state index is 6.34. The minimum atomic E-state index is 0.890. The molecular weight excluding hydrogens is 1690 g/mol. The highest BCUT2D eigenvalue weighted by atomic mass is 16.3. The standard InChI is InChI=1S/C49H31NO.C45H27NO.C39H23NO/c1-4-12-32(13-5-1)38-28-39(33-14-6-2-7-15-33)30-40(29-38)35-22-20-34(21-23-35)37-24-25-41-44(31-37)50-49(36-16-8-3-9-17-36)43-26-27-46-48(47(41)43)42-18-10-11-19-45(42)51-46;1-2-10-30(11-3-1)45-38-24-25-42-44(37-16-8-9-17-41(37)47-42)43(38)36-23-22-31(27-40(36)46-45)28-18-20-29(21-19-28)39-26-32-12-4-5-13-33(32)34-14-6-7-15-35(34)39;1-2-10-24(11-3-1)39-32-20-21-36-38(31-16-8-9-17-35(31)41-36)37(32)30-19-18-26(23-34(30)40-39)33-22-25-12-4-5-13-27(25)28-14-6-7-15-29(28)33/h1-31H;1-27H;1-23H. The zero-order chi connectivity index (χ0) is 91.5. The molecule has 6 aromatic heterocycles. The van der Waals surface area contributed by atoms with Crippen molar-refractivity contribution < 1.29 is 13.3 Å². The predicted octanol–water partition coefficient (Wildman–Crippen LogP) is 37.1. The van der Waals surface area contributed by atoms with Crippen LogP contribution in [0.25, 0.3) is 286 Å². The number of furan rings is 3. The monoisotopic (exact) mass is 1770 g/mol. The van der Waals surface area contributed by atoms with Crippen LogP contribution in [0.4, 0.5) is 0 Å². The average Bonchev–Trinajstić information content (AvgIpc) is 1.66. The lowest BCUT2D eigenvalue weighted by atomic mass is 9.91. The zero-order valence-corrected chi connectivity index (χ0v) is 75.3. The third-order valence-electron chi connectivity index (χ3n) is 28.1. The summed E-state index contributed by atoms with van der Waals surface area (Å²) in [6, 6.07) is 175. The molecule has 0 aliphatic heterocycles. The first kappa shape index (κ1) is 80.2. The molecule has 0 radical (unpaired) electrons. The number of hydrogen-bond donors (Lipinski definition) is 0. The SMILES string of the molecule is c1ccc(-c2cc(-c3ccccc3)cc(-c3ccc(-c4ccc5c(c4)nc(-c4ccccc4)c4ccc6oc7ccccc7c6c45)cc3)c2)cc1.c1ccc(-c2nc3cc(-c4cc5ccccc5c5ccccc45)ccc3c3c2ccc2oc4ccccc4c23)cc1.c1ccc(-c2nc3cc(-c4ccc(-c5cc6ccccc6c6ccccc56)cc4)ccc3c3c2ccc2oc4ccccc4c23)cc1. The first-order valence-corrected chi connectivity index (χ1v) is 47.4. The molecule has 0 N–H and O–H groups in total. The molecule has 23 aromatic carbocycles. The summed E-state index contributed by atoms with van der Waals surface area (Å²) < 4.78 is 19.0. The van der Waals surface area contributed by atoms with E-state index in [2.05, 4.69) is 455 Å². The van der Waals surface area contributed by atoms with Crippen molar-refractivity contribution >= 4 is 174 Å². The molecule has 646 valence electrons. The number of pyridine rings is 3. The smallest absolute Gasteiger partial charge is 0.136 e. The van der Waals surface area contributed by atoms with Crippen molar-refractivity contribution in [1.82, 2.24) is 15.0 Å². The van der Waals surface area contributed by atoms with Gasteiger partial charge in [0.2, 0.25) is 0 Å². The molecule has 29 rings (SSSR count). The molecule has 6 nitrogen and oxygen atoms in total. The van der Waals surface area contributed by atoms with Gasteiger partial charge in [-0.1, -0.05) is 388 Å². The van der Waals surface area contributed by atoms with Crippen LogP contribution in [0.15, 0.2) is 505 Å². The van der Waals surface area contributed by atoms with Gasteiger partial charge in [0, 0.05) is 97.5 Å². The number of benzene rings is 23. The van der Waals surface area contributed by atoms with Gasteiger partial charge in [0.1, 0.15) is 33.5 Å². The molecule has 0 fully saturated rings. The topological polar surface area (TPSA) is 78.1 Å². The van der Waals surface area contributed by atoms with Crippen LogP contribution in [0.5, 0.6) is 0 Å². The quantitative estimate of drug-likeness (QED) is 0.127. The van der Waals surface area contributed by atoms with E-state index in [4.69, 9.17) is 28.2 Å². The minimum Gasteiger partial charge on any atom is -0.456 e. The average molecular weight is 1770 g/mol. The van der Waals surface area contributed by atoms with Gasteiger partial charge < -0.3 is 13.3 Å².